The van der Waals surface area contributed by atoms with E-state index in [1.165, 1.54) is 0 Å². The van der Waals surface area contributed by atoms with E-state index >= 15 is 0 Å². The second kappa shape index (κ2) is 6.16. The van der Waals surface area contributed by atoms with Gasteiger partial charge in [0.15, 0.2) is 5.52 Å². The van der Waals surface area contributed by atoms with E-state index in [1.807, 2.05) is 32.0 Å². The van der Waals surface area contributed by atoms with Crippen molar-refractivity contribution in [1.82, 2.24) is 14.9 Å². The van der Waals surface area contributed by atoms with E-state index in [0.29, 0.717) is 16.8 Å². The van der Waals surface area contributed by atoms with Crippen LogP contribution in [0.25, 0.3) is 10.9 Å². The fourth-order valence-electron chi connectivity index (χ4n) is 2.92. The van der Waals surface area contributed by atoms with Crippen LogP contribution in [0.2, 0.25) is 0 Å². The Morgan fingerprint density at radius 2 is 1.84 bits per heavy atom. The maximum Gasteiger partial charge on any atom is 0.297 e. The molecular weight excluding hydrogens is 320 g/mol. The first-order valence-electron chi connectivity index (χ1n) is 8.03. The zero-order valence-electron chi connectivity index (χ0n) is 14.9. The second-order valence-electron chi connectivity index (χ2n) is 6.23. The molecule has 1 amide bonds. The number of fused-ring (bicyclic) bond motifs is 1. The second-order valence-corrected chi connectivity index (χ2v) is 6.23. The van der Waals surface area contributed by atoms with Crippen LogP contribution in [0.3, 0.4) is 0 Å². The molecule has 130 valence electrons. The SMILES string of the molecule is Cc1cccc(C)c1NC(=O)[C@H](C)n1nc(C)c2c(C)onc2c1=O. The van der Waals surface area contributed by atoms with Gasteiger partial charge in [0.1, 0.15) is 11.8 Å². The van der Waals surface area contributed by atoms with Crippen LogP contribution in [0.4, 0.5) is 5.69 Å². The topological polar surface area (TPSA) is 90.0 Å². The van der Waals surface area contributed by atoms with Gasteiger partial charge in [-0.1, -0.05) is 23.4 Å². The summed E-state index contributed by atoms with van der Waals surface area (Å²) in [7, 11) is 0. The Kier molecular flexibility index (Phi) is 4.16. The van der Waals surface area contributed by atoms with Gasteiger partial charge >= 0.3 is 0 Å². The lowest BCUT2D eigenvalue weighted by Crippen LogP contribution is -2.34. The van der Waals surface area contributed by atoms with Gasteiger partial charge in [-0.05, 0) is 45.7 Å². The number of hydrogen-bond acceptors (Lipinski definition) is 5. The highest BCUT2D eigenvalue weighted by Gasteiger charge is 2.23. The molecule has 0 unspecified atom stereocenters. The van der Waals surface area contributed by atoms with E-state index < -0.39 is 11.6 Å². The predicted octanol–water partition coefficient (Wildman–Crippen LogP) is 2.82. The van der Waals surface area contributed by atoms with Gasteiger partial charge in [-0.25, -0.2) is 4.68 Å². The van der Waals surface area contributed by atoms with Gasteiger partial charge in [0.25, 0.3) is 5.56 Å². The molecule has 1 aromatic carbocycles. The van der Waals surface area contributed by atoms with Crippen LogP contribution < -0.4 is 10.9 Å². The van der Waals surface area contributed by atoms with E-state index in [-0.39, 0.29) is 11.4 Å². The number of hydrogen-bond donors (Lipinski definition) is 1. The summed E-state index contributed by atoms with van der Waals surface area (Å²) < 4.78 is 6.25. The number of nitrogens with zero attached hydrogens (tertiary/aromatic N) is 3. The van der Waals surface area contributed by atoms with Gasteiger partial charge in [-0.15, -0.1) is 0 Å². The molecule has 7 heteroatoms. The summed E-state index contributed by atoms with van der Waals surface area (Å²) in [5.74, 6) is 0.225. The first kappa shape index (κ1) is 16.9. The number of rotatable bonds is 3. The quantitative estimate of drug-likeness (QED) is 0.792. The maximum atomic E-state index is 12.7. The van der Waals surface area contributed by atoms with Crippen LogP contribution in [0.5, 0.6) is 0 Å². The van der Waals surface area contributed by atoms with Crippen molar-refractivity contribution in [1.29, 1.82) is 0 Å². The summed E-state index contributed by atoms with van der Waals surface area (Å²) in [6.07, 6.45) is 0. The Morgan fingerprint density at radius 3 is 2.48 bits per heavy atom. The van der Waals surface area contributed by atoms with E-state index in [2.05, 4.69) is 15.6 Å². The number of benzene rings is 1. The molecule has 25 heavy (non-hydrogen) atoms. The first-order valence-corrected chi connectivity index (χ1v) is 8.03. The molecule has 1 N–H and O–H groups in total. The number of nitrogens with one attached hydrogen (secondary N) is 1. The molecule has 3 rings (SSSR count). The lowest BCUT2D eigenvalue weighted by molar-refractivity contribution is -0.119. The molecule has 0 aliphatic heterocycles. The number of anilines is 1. The zero-order valence-corrected chi connectivity index (χ0v) is 14.9. The summed E-state index contributed by atoms with van der Waals surface area (Å²) in [6.45, 7) is 8.97. The minimum atomic E-state index is -0.786. The van der Waals surface area contributed by atoms with Crippen molar-refractivity contribution in [3.63, 3.8) is 0 Å². The number of carbonyl (C=O) groups excluding carboxylic acids is 1. The Hall–Kier alpha value is -2.96. The number of carbonyl (C=O) groups is 1. The molecule has 2 heterocycles. The molecule has 0 spiro atoms. The third-order valence-electron chi connectivity index (χ3n) is 4.37. The minimum absolute atomic E-state index is 0.191. The highest BCUT2D eigenvalue weighted by molar-refractivity contribution is 5.95. The van der Waals surface area contributed by atoms with E-state index in [1.54, 1.807) is 20.8 Å². The molecule has 0 aliphatic carbocycles. The molecule has 0 saturated carbocycles. The number of aryl methyl sites for hydroxylation is 4. The molecule has 7 nitrogen and oxygen atoms in total. The molecule has 0 radical (unpaired) electrons. The smallest absolute Gasteiger partial charge is 0.297 e. The van der Waals surface area contributed by atoms with Crippen molar-refractivity contribution in [3.8, 4) is 0 Å². The Balaban J connectivity index is 1.99. The molecular formula is C18H20N4O3. The van der Waals surface area contributed by atoms with Gasteiger partial charge in [0, 0.05) is 5.69 Å². The summed E-state index contributed by atoms with van der Waals surface area (Å²) in [5, 5.41) is 11.6. The lowest BCUT2D eigenvalue weighted by Gasteiger charge is -2.17. The van der Waals surface area contributed by atoms with Gasteiger partial charge in [-0.2, -0.15) is 5.10 Å². The van der Waals surface area contributed by atoms with Gasteiger partial charge in [0.2, 0.25) is 5.91 Å². The van der Waals surface area contributed by atoms with E-state index in [4.69, 9.17) is 4.52 Å². The van der Waals surface area contributed by atoms with E-state index in [0.717, 1.165) is 21.5 Å². The van der Waals surface area contributed by atoms with Crippen LogP contribution in [-0.2, 0) is 4.79 Å². The van der Waals surface area contributed by atoms with Crippen LogP contribution >= 0.6 is 0 Å². The van der Waals surface area contributed by atoms with Crippen molar-refractivity contribution >= 4 is 22.5 Å². The van der Waals surface area contributed by atoms with Crippen molar-refractivity contribution in [2.45, 2.75) is 40.7 Å². The fraction of sp³-hybridized carbons (Fsp3) is 0.333. The molecule has 0 bridgehead atoms. The molecule has 0 saturated heterocycles. The largest absolute Gasteiger partial charge is 0.360 e. The Bertz CT molecular complexity index is 1010. The third-order valence-corrected chi connectivity index (χ3v) is 4.37. The summed E-state index contributed by atoms with van der Waals surface area (Å²) >= 11 is 0. The van der Waals surface area contributed by atoms with Crippen LogP contribution in [0.15, 0.2) is 27.5 Å². The predicted molar refractivity (Wildman–Crippen MR) is 94.8 cm³/mol. The average Bonchev–Trinajstić information content (AvgIpc) is 2.96. The van der Waals surface area contributed by atoms with Gasteiger partial charge < -0.3 is 9.84 Å². The van der Waals surface area contributed by atoms with Crippen LogP contribution in [0.1, 0.15) is 35.5 Å². The van der Waals surface area contributed by atoms with Gasteiger partial charge in [-0.3, -0.25) is 9.59 Å². The highest BCUT2D eigenvalue weighted by atomic mass is 16.5. The normalized spacial score (nSPS) is 12.4. The standard InChI is InChI=1S/C18H20N4O3/c1-9-7-6-8-10(2)15(9)19-17(23)12(4)22-18(24)16-14(11(3)20-22)13(5)25-21-16/h6-8,12H,1-5H3,(H,19,23)/t12-/m0/s1. The maximum absolute atomic E-state index is 12.7. The number of aromatic nitrogens is 3. The summed E-state index contributed by atoms with van der Waals surface area (Å²) in [4.78, 5) is 25.3. The summed E-state index contributed by atoms with van der Waals surface area (Å²) in [5.41, 5.74) is 3.01. The minimum Gasteiger partial charge on any atom is -0.360 e. The zero-order chi connectivity index (χ0) is 18.3. The Labute approximate surface area is 144 Å². The molecule has 2 aromatic heterocycles. The lowest BCUT2D eigenvalue weighted by atomic mass is 10.1. The molecule has 3 aromatic rings. The Morgan fingerprint density at radius 1 is 1.20 bits per heavy atom. The van der Waals surface area contributed by atoms with Crippen molar-refractivity contribution < 1.29 is 9.32 Å². The molecule has 0 aliphatic rings. The number of para-hydroxylation sites is 1. The van der Waals surface area contributed by atoms with Gasteiger partial charge in [0.05, 0.1) is 11.1 Å². The van der Waals surface area contributed by atoms with Crippen molar-refractivity contribution in [3.05, 3.63) is 51.1 Å². The molecule has 1 atom stereocenters. The third kappa shape index (κ3) is 2.82. The van der Waals surface area contributed by atoms with Crippen LogP contribution in [0, 0.1) is 27.7 Å². The average molecular weight is 340 g/mol. The first-order chi connectivity index (χ1) is 11.8. The highest BCUT2D eigenvalue weighted by Crippen LogP contribution is 2.21. The van der Waals surface area contributed by atoms with Crippen LogP contribution in [-0.4, -0.2) is 20.8 Å². The van der Waals surface area contributed by atoms with Crippen molar-refractivity contribution in [2.24, 2.45) is 0 Å². The van der Waals surface area contributed by atoms with E-state index in [9.17, 15) is 9.59 Å². The fourth-order valence-corrected chi connectivity index (χ4v) is 2.92. The summed E-state index contributed by atoms with van der Waals surface area (Å²) in [6, 6.07) is 4.99. The molecule has 0 fully saturated rings. The monoisotopic (exact) mass is 340 g/mol. The van der Waals surface area contributed by atoms with Crippen molar-refractivity contribution in [2.75, 3.05) is 5.32 Å². The number of amides is 1.